The number of rotatable bonds is 3. The molecule has 2 aliphatic heterocycles. The number of anilines is 1. The topological polar surface area (TPSA) is 70.6 Å². The molecular formula is C15H23N5O2. The van der Waals surface area contributed by atoms with Crippen LogP contribution in [0.4, 0.5) is 10.7 Å². The molecule has 1 N–H and O–H groups in total. The van der Waals surface area contributed by atoms with Crippen LogP contribution >= 0.6 is 0 Å². The van der Waals surface area contributed by atoms with Crippen LogP contribution in [0.1, 0.15) is 12.8 Å². The third-order valence-electron chi connectivity index (χ3n) is 4.36. The number of nitrogens with one attached hydrogen (secondary N) is 1. The normalized spacial score (nSPS) is 23.0. The van der Waals surface area contributed by atoms with E-state index in [0.717, 1.165) is 26.0 Å². The van der Waals surface area contributed by atoms with Gasteiger partial charge in [-0.1, -0.05) is 0 Å². The van der Waals surface area contributed by atoms with Crippen molar-refractivity contribution >= 4 is 12.0 Å². The Morgan fingerprint density at radius 3 is 2.77 bits per heavy atom. The molecule has 1 spiro atoms. The number of nitrogens with zero attached hydrogens (tertiary/aromatic N) is 4. The number of urea groups is 1. The van der Waals surface area contributed by atoms with Gasteiger partial charge >= 0.3 is 6.03 Å². The minimum Gasteiger partial charge on any atom is -0.371 e. The second kappa shape index (κ2) is 6.08. The fourth-order valence-electron chi connectivity index (χ4n) is 3.02. The Morgan fingerprint density at radius 2 is 2.18 bits per heavy atom. The van der Waals surface area contributed by atoms with E-state index in [1.165, 1.54) is 0 Å². The highest BCUT2D eigenvalue weighted by molar-refractivity contribution is 5.75. The van der Waals surface area contributed by atoms with Gasteiger partial charge in [0, 0.05) is 33.0 Å². The Hall–Kier alpha value is -1.89. The van der Waals surface area contributed by atoms with Gasteiger partial charge in [-0.3, -0.25) is 0 Å². The molecule has 2 fully saturated rings. The molecular weight excluding hydrogens is 282 g/mol. The van der Waals surface area contributed by atoms with Gasteiger partial charge in [0.25, 0.3) is 0 Å². The van der Waals surface area contributed by atoms with E-state index in [9.17, 15) is 4.79 Å². The zero-order valence-corrected chi connectivity index (χ0v) is 13.2. The minimum atomic E-state index is -0.106. The van der Waals surface area contributed by atoms with Crippen molar-refractivity contribution in [2.45, 2.75) is 18.4 Å². The summed E-state index contributed by atoms with van der Waals surface area (Å²) in [5, 5.41) is 3.25. The van der Waals surface area contributed by atoms with E-state index in [0.29, 0.717) is 25.0 Å². The number of carbonyl (C=O) groups excluding carboxylic acids is 1. The van der Waals surface area contributed by atoms with Crippen LogP contribution in [-0.2, 0) is 4.74 Å². The first-order chi connectivity index (χ1) is 10.6. The lowest BCUT2D eigenvalue weighted by molar-refractivity contribution is -0.165. The number of amides is 2. The average Bonchev–Trinajstić information content (AvgIpc) is 2.51. The lowest BCUT2D eigenvalue weighted by Gasteiger charge is -2.53. The Labute approximate surface area is 130 Å². The fraction of sp³-hybridized carbons (Fsp3) is 0.667. The summed E-state index contributed by atoms with van der Waals surface area (Å²) in [5.74, 6) is 1.13. The molecule has 1 aromatic heterocycles. The second-order valence-corrected chi connectivity index (χ2v) is 6.39. The number of hydrogen-bond acceptors (Lipinski definition) is 5. The van der Waals surface area contributed by atoms with Gasteiger partial charge in [0.1, 0.15) is 5.60 Å². The maximum Gasteiger partial charge on any atom is 0.319 e. The number of hydrogen-bond donors (Lipinski definition) is 1. The van der Waals surface area contributed by atoms with E-state index in [1.54, 1.807) is 37.5 Å². The molecule has 7 nitrogen and oxygen atoms in total. The minimum absolute atomic E-state index is 0.0687. The van der Waals surface area contributed by atoms with Crippen molar-refractivity contribution in [2.75, 3.05) is 45.7 Å². The van der Waals surface area contributed by atoms with Crippen molar-refractivity contribution in [3.05, 3.63) is 18.5 Å². The van der Waals surface area contributed by atoms with Crippen LogP contribution in [0.3, 0.4) is 0 Å². The lowest BCUT2D eigenvalue weighted by atomic mass is 9.83. The molecule has 1 atom stereocenters. The number of aromatic nitrogens is 2. The smallest absolute Gasteiger partial charge is 0.319 e. The van der Waals surface area contributed by atoms with E-state index >= 15 is 0 Å². The van der Waals surface area contributed by atoms with Crippen molar-refractivity contribution in [2.24, 2.45) is 5.92 Å². The van der Waals surface area contributed by atoms with Crippen LogP contribution in [0.25, 0.3) is 0 Å². The highest BCUT2D eigenvalue weighted by atomic mass is 16.5. The second-order valence-electron chi connectivity index (χ2n) is 6.39. The average molecular weight is 305 g/mol. The first-order valence-corrected chi connectivity index (χ1v) is 7.69. The molecule has 3 rings (SSSR count). The monoisotopic (exact) mass is 305 g/mol. The zero-order valence-electron chi connectivity index (χ0n) is 13.2. The number of likely N-dealkylation sites (tertiary alicyclic amines) is 1. The first kappa shape index (κ1) is 15.0. The summed E-state index contributed by atoms with van der Waals surface area (Å²) in [6.45, 7) is 2.97. The Kier molecular flexibility index (Phi) is 4.15. The van der Waals surface area contributed by atoms with Gasteiger partial charge in [-0.05, 0) is 24.8 Å². The van der Waals surface area contributed by atoms with E-state index < -0.39 is 0 Å². The van der Waals surface area contributed by atoms with Crippen molar-refractivity contribution in [3.63, 3.8) is 0 Å². The lowest BCUT2D eigenvalue weighted by Crippen LogP contribution is -2.67. The molecule has 1 unspecified atom stereocenters. The molecule has 2 aliphatic rings. The van der Waals surface area contributed by atoms with E-state index in [-0.39, 0.29) is 11.6 Å². The maximum absolute atomic E-state index is 11.8. The van der Waals surface area contributed by atoms with Gasteiger partial charge in [-0.15, -0.1) is 0 Å². The largest absolute Gasteiger partial charge is 0.371 e. The van der Waals surface area contributed by atoms with Crippen molar-refractivity contribution in [1.82, 2.24) is 19.8 Å². The van der Waals surface area contributed by atoms with Crippen LogP contribution in [0.15, 0.2) is 18.5 Å². The molecule has 2 amide bonds. The first-order valence-electron chi connectivity index (χ1n) is 7.69. The highest BCUT2D eigenvalue weighted by Crippen LogP contribution is 2.36. The third kappa shape index (κ3) is 3.14. The van der Waals surface area contributed by atoms with Crippen molar-refractivity contribution in [3.8, 4) is 0 Å². The summed E-state index contributed by atoms with van der Waals surface area (Å²) in [4.78, 5) is 23.6. The van der Waals surface area contributed by atoms with Gasteiger partial charge in [0.15, 0.2) is 0 Å². The Bertz CT molecular complexity index is 506. The maximum atomic E-state index is 11.8. The molecule has 0 aliphatic carbocycles. The molecule has 22 heavy (non-hydrogen) atoms. The molecule has 0 saturated carbocycles. The summed E-state index contributed by atoms with van der Waals surface area (Å²) in [5.41, 5.74) is -0.106. The number of carbonyl (C=O) groups is 1. The molecule has 0 bridgehead atoms. The molecule has 1 aromatic rings. The molecule has 0 radical (unpaired) electrons. The summed E-state index contributed by atoms with van der Waals surface area (Å²) in [7, 11) is 3.56. The molecule has 120 valence electrons. The van der Waals surface area contributed by atoms with Crippen LogP contribution in [0.5, 0.6) is 0 Å². The predicted octanol–water partition coefficient (Wildman–Crippen LogP) is 1.05. The molecule has 3 heterocycles. The molecule has 2 saturated heterocycles. The number of ether oxygens (including phenoxy) is 1. The molecule has 7 heteroatoms. The van der Waals surface area contributed by atoms with Crippen LogP contribution < -0.4 is 5.32 Å². The van der Waals surface area contributed by atoms with Crippen LogP contribution in [0.2, 0.25) is 0 Å². The van der Waals surface area contributed by atoms with E-state index in [2.05, 4.69) is 15.3 Å². The molecule has 0 aromatic carbocycles. The zero-order chi connectivity index (χ0) is 15.6. The van der Waals surface area contributed by atoms with Gasteiger partial charge in [0.05, 0.1) is 19.7 Å². The van der Waals surface area contributed by atoms with E-state index in [4.69, 9.17) is 4.74 Å². The van der Waals surface area contributed by atoms with Crippen molar-refractivity contribution < 1.29 is 9.53 Å². The summed E-state index contributed by atoms with van der Waals surface area (Å²) >= 11 is 0. The van der Waals surface area contributed by atoms with Gasteiger partial charge in [-0.2, -0.15) is 0 Å². The highest BCUT2D eigenvalue weighted by Gasteiger charge is 2.48. The summed E-state index contributed by atoms with van der Waals surface area (Å²) in [6.07, 6.45) is 5.56. The van der Waals surface area contributed by atoms with Crippen LogP contribution in [-0.4, -0.2) is 71.7 Å². The predicted molar refractivity (Wildman–Crippen MR) is 82.6 cm³/mol. The Balaban J connectivity index is 1.41. The SMILES string of the molecule is CN(C)C(=O)N1CC2(CCC(CNc3ncccn3)CO2)C1. The summed E-state index contributed by atoms with van der Waals surface area (Å²) < 4.78 is 6.07. The van der Waals surface area contributed by atoms with E-state index in [1.807, 2.05) is 4.90 Å². The summed E-state index contributed by atoms with van der Waals surface area (Å²) in [6, 6.07) is 1.87. The van der Waals surface area contributed by atoms with Gasteiger partial charge in [0.2, 0.25) is 5.95 Å². The Morgan fingerprint density at radius 1 is 1.45 bits per heavy atom. The quantitative estimate of drug-likeness (QED) is 0.904. The van der Waals surface area contributed by atoms with Crippen molar-refractivity contribution in [1.29, 1.82) is 0 Å². The standard InChI is InChI=1S/C15H23N5O2/c1-19(2)14(21)20-10-15(11-20)5-4-12(9-22-15)8-18-13-16-6-3-7-17-13/h3,6-7,12H,4-5,8-11H2,1-2H3,(H,16,17,18). The fourth-order valence-corrected chi connectivity index (χ4v) is 3.02. The van der Waals surface area contributed by atoms with Crippen LogP contribution in [0, 0.1) is 5.92 Å². The van der Waals surface area contributed by atoms with Gasteiger partial charge < -0.3 is 19.9 Å². The van der Waals surface area contributed by atoms with Gasteiger partial charge in [-0.25, -0.2) is 14.8 Å². The third-order valence-corrected chi connectivity index (χ3v) is 4.36.